The second-order valence-corrected chi connectivity index (χ2v) is 13.8. The molecule has 10 rings (SSSR count). The summed E-state index contributed by atoms with van der Waals surface area (Å²) >= 11 is 1.80. The lowest BCUT2D eigenvalue weighted by atomic mass is 9.91. The van der Waals surface area contributed by atoms with E-state index < -0.39 is 0 Å². The maximum Gasteiger partial charge on any atom is 0.165 e. The van der Waals surface area contributed by atoms with Crippen molar-refractivity contribution in [1.29, 1.82) is 0 Å². The van der Waals surface area contributed by atoms with Crippen LogP contribution in [0.2, 0.25) is 0 Å². The van der Waals surface area contributed by atoms with Gasteiger partial charge in [-0.15, -0.1) is 11.3 Å². The summed E-state index contributed by atoms with van der Waals surface area (Å²) in [6.07, 6.45) is 0. The van der Waals surface area contributed by atoms with Gasteiger partial charge in [0.25, 0.3) is 0 Å². The van der Waals surface area contributed by atoms with Crippen molar-refractivity contribution in [3.8, 4) is 56.4 Å². The van der Waals surface area contributed by atoms with Crippen molar-refractivity contribution in [3.63, 3.8) is 0 Å². The maximum absolute atomic E-state index is 5.10. The summed E-state index contributed by atoms with van der Waals surface area (Å²) in [7, 11) is 0. The predicted molar refractivity (Wildman–Crippen MR) is 215 cm³/mol. The van der Waals surface area contributed by atoms with Crippen molar-refractivity contribution >= 4 is 53.1 Å². The van der Waals surface area contributed by atoms with E-state index in [-0.39, 0.29) is 0 Å². The van der Waals surface area contributed by atoms with Crippen LogP contribution in [0.4, 0.5) is 0 Å². The summed E-state index contributed by atoms with van der Waals surface area (Å²) in [4.78, 5) is 15.1. The Balaban J connectivity index is 1.15. The highest BCUT2D eigenvalue weighted by atomic mass is 32.1. The van der Waals surface area contributed by atoms with Gasteiger partial charge < -0.3 is 0 Å². The van der Waals surface area contributed by atoms with Gasteiger partial charge in [-0.3, -0.25) is 0 Å². The minimum absolute atomic E-state index is 0.662. The van der Waals surface area contributed by atoms with Gasteiger partial charge in [-0.2, -0.15) is 0 Å². The second kappa shape index (κ2) is 12.1. The molecule has 2 heterocycles. The van der Waals surface area contributed by atoms with Gasteiger partial charge >= 0.3 is 0 Å². The Labute approximate surface area is 299 Å². The van der Waals surface area contributed by atoms with Crippen molar-refractivity contribution in [2.24, 2.45) is 0 Å². The molecule has 0 fully saturated rings. The minimum atomic E-state index is 0.662. The standard InChI is InChI=1S/C47H29N3S/c1-3-13-32(14-4-1)45-48-46(33-15-5-2-6-16-33)50-47(49-45)40-28-27-36(43-39-21-11-12-22-42(39)51-44(40)43)30-23-25-31(26-24-30)41-29-34-17-7-8-18-35(34)37-19-9-10-20-38(37)41/h1-29H. The first-order valence-electron chi connectivity index (χ1n) is 17.1. The van der Waals surface area contributed by atoms with Crippen molar-refractivity contribution in [2.75, 3.05) is 0 Å². The number of benzene rings is 8. The first kappa shape index (κ1) is 29.4. The Morgan fingerprint density at radius 2 is 0.843 bits per heavy atom. The zero-order valence-corrected chi connectivity index (χ0v) is 28.3. The summed E-state index contributed by atoms with van der Waals surface area (Å²) in [6, 6.07) is 62.2. The van der Waals surface area contributed by atoms with Crippen molar-refractivity contribution < 1.29 is 0 Å². The van der Waals surface area contributed by atoms with E-state index in [0.29, 0.717) is 17.5 Å². The number of rotatable bonds is 5. The Morgan fingerprint density at radius 1 is 0.333 bits per heavy atom. The zero-order valence-electron chi connectivity index (χ0n) is 27.5. The third-order valence-corrected chi connectivity index (χ3v) is 10.9. The molecule has 0 radical (unpaired) electrons. The fourth-order valence-electron chi connectivity index (χ4n) is 7.30. The van der Waals surface area contributed by atoms with E-state index in [1.54, 1.807) is 11.3 Å². The van der Waals surface area contributed by atoms with Crippen LogP contribution in [0.1, 0.15) is 0 Å². The van der Waals surface area contributed by atoms with Crippen LogP contribution >= 0.6 is 11.3 Å². The highest BCUT2D eigenvalue weighted by Crippen LogP contribution is 2.45. The van der Waals surface area contributed by atoms with Gasteiger partial charge in [0.05, 0.1) is 0 Å². The molecular formula is C47H29N3S. The van der Waals surface area contributed by atoms with Crippen LogP contribution < -0.4 is 0 Å². The van der Waals surface area contributed by atoms with E-state index in [9.17, 15) is 0 Å². The summed E-state index contributed by atoms with van der Waals surface area (Å²) in [5.41, 5.74) is 7.75. The number of aromatic nitrogens is 3. The molecule has 0 aliphatic carbocycles. The van der Waals surface area contributed by atoms with Crippen molar-refractivity contribution in [1.82, 2.24) is 15.0 Å². The topological polar surface area (TPSA) is 38.7 Å². The van der Waals surface area contributed by atoms with E-state index >= 15 is 0 Å². The highest BCUT2D eigenvalue weighted by Gasteiger charge is 2.19. The molecule has 3 nitrogen and oxygen atoms in total. The molecule has 0 bridgehead atoms. The highest BCUT2D eigenvalue weighted by molar-refractivity contribution is 7.26. The number of hydrogen-bond acceptors (Lipinski definition) is 4. The molecule has 238 valence electrons. The molecule has 0 unspecified atom stereocenters. The smallest absolute Gasteiger partial charge is 0.165 e. The minimum Gasteiger partial charge on any atom is -0.208 e. The molecule has 0 N–H and O–H groups in total. The average molecular weight is 668 g/mol. The second-order valence-electron chi connectivity index (χ2n) is 12.8. The SMILES string of the molecule is c1ccc(-c2nc(-c3ccccc3)nc(-c3ccc(-c4ccc(-c5cc6ccccc6c6ccccc56)cc4)c4c3sc3ccccc34)n2)cc1. The van der Waals surface area contributed by atoms with Gasteiger partial charge in [0.1, 0.15) is 0 Å². The first-order chi connectivity index (χ1) is 25.3. The average Bonchev–Trinajstić information content (AvgIpc) is 3.61. The van der Waals surface area contributed by atoms with E-state index in [2.05, 4.69) is 140 Å². The number of fused-ring (bicyclic) bond motifs is 6. The van der Waals surface area contributed by atoms with Crippen LogP contribution in [0.25, 0.3) is 98.1 Å². The van der Waals surface area contributed by atoms with E-state index in [0.717, 1.165) is 16.7 Å². The molecule has 51 heavy (non-hydrogen) atoms. The van der Waals surface area contributed by atoms with Crippen LogP contribution in [-0.2, 0) is 0 Å². The number of thiophene rings is 1. The lowest BCUT2D eigenvalue weighted by Crippen LogP contribution is -2.00. The Hall–Kier alpha value is -6.49. The fraction of sp³-hybridized carbons (Fsp3) is 0. The largest absolute Gasteiger partial charge is 0.208 e. The lowest BCUT2D eigenvalue weighted by molar-refractivity contribution is 1.08. The zero-order chi connectivity index (χ0) is 33.7. The molecular weight excluding hydrogens is 639 g/mol. The van der Waals surface area contributed by atoms with Gasteiger partial charge in [0.2, 0.25) is 0 Å². The predicted octanol–water partition coefficient (Wildman–Crippen LogP) is 12.9. The summed E-state index contributed by atoms with van der Waals surface area (Å²) in [5.74, 6) is 1.99. The fourth-order valence-corrected chi connectivity index (χ4v) is 8.53. The van der Waals surface area contributed by atoms with Crippen LogP contribution in [0, 0.1) is 0 Å². The molecule has 8 aromatic carbocycles. The van der Waals surface area contributed by atoms with Gasteiger partial charge in [-0.1, -0.05) is 158 Å². The van der Waals surface area contributed by atoms with Crippen LogP contribution in [0.3, 0.4) is 0 Å². The molecule has 2 aromatic heterocycles. The third-order valence-electron chi connectivity index (χ3n) is 9.74. The van der Waals surface area contributed by atoms with Crippen LogP contribution in [0.5, 0.6) is 0 Å². The lowest BCUT2D eigenvalue weighted by Gasteiger charge is -2.13. The van der Waals surface area contributed by atoms with Crippen molar-refractivity contribution in [2.45, 2.75) is 0 Å². The number of hydrogen-bond donors (Lipinski definition) is 0. The molecule has 0 saturated heterocycles. The molecule has 0 spiro atoms. The van der Waals surface area contributed by atoms with Crippen molar-refractivity contribution in [3.05, 3.63) is 176 Å². The van der Waals surface area contributed by atoms with E-state index in [1.807, 2.05) is 36.4 Å². The number of nitrogens with zero attached hydrogens (tertiary/aromatic N) is 3. The molecule has 0 aliphatic rings. The molecule has 0 atom stereocenters. The Kier molecular flexibility index (Phi) is 7.00. The Morgan fingerprint density at radius 3 is 1.53 bits per heavy atom. The normalized spacial score (nSPS) is 11.5. The molecule has 10 aromatic rings. The van der Waals surface area contributed by atoms with E-state index in [4.69, 9.17) is 15.0 Å². The van der Waals surface area contributed by atoms with Gasteiger partial charge in [0, 0.05) is 36.9 Å². The Bertz CT molecular complexity index is 2840. The third kappa shape index (κ3) is 5.08. The molecule has 4 heteroatoms. The summed E-state index contributed by atoms with van der Waals surface area (Å²) in [6.45, 7) is 0. The molecule has 0 aliphatic heterocycles. The van der Waals surface area contributed by atoms with Gasteiger partial charge in [-0.25, -0.2) is 15.0 Å². The molecule has 0 saturated carbocycles. The first-order valence-corrected chi connectivity index (χ1v) is 17.9. The van der Waals surface area contributed by atoms with Crippen LogP contribution in [-0.4, -0.2) is 15.0 Å². The monoisotopic (exact) mass is 667 g/mol. The molecule has 0 amide bonds. The van der Waals surface area contributed by atoms with Crippen LogP contribution in [0.15, 0.2) is 176 Å². The summed E-state index contributed by atoms with van der Waals surface area (Å²) < 4.78 is 2.41. The summed E-state index contributed by atoms with van der Waals surface area (Å²) in [5, 5.41) is 7.54. The van der Waals surface area contributed by atoms with Gasteiger partial charge in [-0.05, 0) is 62.0 Å². The maximum atomic E-state index is 5.10. The van der Waals surface area contributed by atoms with E-state index in [1.165, 1.54) is 64.0 Å². The quantitative estimate of drug-likeness (QED) is 0.171. The van der Waals surface area contributed by atoms with Gasteiger partial charge in [0.15, 0.2) is 17.5 Å².